The Balaban J connectivity index is 1.36. The smallest absolute Gasteiger partial charge is 0.352 e. The van der Waals surface area contributed by atoms with Gasteiger partial charge < -0.3 is 21.0 Å². The fraction of sp³-hybridized carbons (Fsp3) is 0.364. The van der Waals surface area contributed by atoms with Crippen LogP contribution in [0, 0.1) is 0 Å². The summed E-state index contributed by atoms with van der Waals surface area (Å²) in [7, 11) is 1.29. The second-order valence-electron chi connectivity index (χ2n) is 8.26. The molecule has 1 aliphatic carbocycles. The molecule has 3 atom stereocenters. The van der Waals surface area contributed by atoms with Crippen LogP contribution in [0.4, 0.5) is 5.13 Å². The van der Waals surface area contributed by atoms with Crippen molar-refractivity contribution >= 4 is 51.7 Å². The lowest BCUT2D eigenvalue weighted by molar-refractivity contribution is -0.702. The van der Waals surface area contributed by atoms with Crippen molar-refractivity contribution in [3.63, 3.8) is 0 Å². The highest BCUT2D eigenvalue weighted by atomic mass is 32.2. The highest BCUT2D eigenvalue weighted by Gasteiger charge is 2.55. The largest absolute Gasteiger partial charge is 0.477 e. The summed E-state index contributed by atoms with van der Waals surface area (Å²) in [5.74, 6) is -2.33. The Labute approximate surface area is 208 Å². The molecular formula is C22H23N6O5S2+. The number of aliphatic carboxylic acids is 1. The molecule has 4 heterocycles. The van der Waals surface area contributed by atoms with Crippen molar-refractivity contribution in [2.75, 3.05) is 12.8 Å². The molecule has 3 aliphatic rings. The summed E-state index contributed by atoms with van der Waals surface area (Å²) in [6.07, 6.45) is 6.75. The number of rotatable bonds is 7. The number of thioether (sulfide) groups is 1. The van der Waals surface area contributed by atoms with Crippen molar-refractivity contribution in [1.29, 1.82) is 0 Å². The molecule has 2 aromatic heterocycles. The number of aromatic nitrogens is 2. The molecule has 35 heavy (non-hydrogen) atoms. The van der Waals surface area contributed by atoms with E-state index in [0.717, 1.165) is 30.6 Å². The number of aryl methyl sites for hydroxylation is 1. The van der Waals surface area contributed by atoms with Gasteiger partial charge in [-0.25, -0.2) is 14.3 Å². The van der Waals surface area contributed by atoms with E-state index in [-0.39, 0.29) is 27.5 Å². The number of hydrogen-bond donors (Lipinski definition) is 3. The van der Waals surface area contributed by atoms with Gasteiger partial charge in [-0.1, -0.05) is 5.16 Å². The summed E-state index contributed by atoms with van der Waals surface area (Å²) in [5.41, 5.74) is 8.29. The number of carbonyl (C=O) groups is 3. The summed E-state index contributed by atoms with van der Waals surface area (Å²) < 4.78 is 2.16. The molecule has 2 amide bonds. The maximum Gasteiger partial charge on any atom is 0.352 e. The van der Waals surface area contributed by atoms with Crippen molar-refractivity contribution in [2.24, 2.45) is 5.16 Å². The van der Waals surface area contributed by atoms with E-state index in [0.29, 0.717) is 6.54 Å². The molecule has 0 unspecified atom stereocenters. The Kier molecular flexibility index (Phi) is 6.19. The van der Waals surface area contributed by atoms with Gasteiger partial charge in [0.2, 0.25) is 0 Å². The molecule has 0 spiro atoms. The first-order chi connectivity index (χ1) is 16.9. The predicted molar refractivity (Wildman–Crippen MR) is 128 cm³/mol. The van der Waals surface area contributed by atoms with Gasteiger partial charge in [0.25, 0.3) is 11.8 Å². The fourth-order valence-corrected chi connectivity index (χ4v) is 6.66. The minimum Gasteiger partial charge on any atom is -0.477 e. The number of carboxylic acid groups (broad SMARTS) is 1. The van der Waals surface area contributed by atoms with E-state index in [1.54, 1.807) is 11.5 Å². The summed E-state index contributed by atoms with van der Waals surface area (Å²) >= 11 is 2.59. The van der Waals surface area contributed by atoms with Crippen LogP contribution in [0.1, 0.15) is 23.4 Å². The number of nitrogen functional groups attached to an aromatic ring is 1. The van der Waals surface area contributed by atoms with Gasteiger partial charge in [-0.2, -0.15) is 0 Å². The number of nitrogens with one attached hydrogen (secondary N) is 1. The summed E-state index contributed by atoms with van der Waals surface area (Å²) in [6, 6.07) is 3.21. The van der Waals surface area contributed by atoms with E-state index >= 15 is 0 Å². The number of amides is 2. The normalized spacial score (nSPS) is 23.2. The van der Waals surface area contributed by atoms with Crippen LogP contribution < -0.4 is 15.6 Å². The average Bonchev–Trinajstić information content (AvgIpc) is 3.49. The molecule has 11 nitrogen and oxygen atoms in total. The third kappa shape index (κ3) is 4.25. The van der Waals surface area contributed by atoms with E-state index in [1.165, 1.54) is 35.0 Å². The van der Waals surface area contributed by atoms with Gasteiger partial charge in [0, 0.05) is 23.4 Å². The number of hydrogen-bond acceptors (Lipinski definition) is 9. The number of nitrogens with two attached hydrogens (primary N) is 1. The lowest BCUT2D eigenvalue weighted by Crippen LogP contribution is -2.71. The first kappa shape index (κ1) is 23.3. The topological polar surface area (TPSA) is 151 Å². The molecule has 1 fully saturated rings. The van der Waals surface area contributed by atoms with Crippen LogP contribution in [0.3, 0.4) is 0 Å². The van der Waals surface area contributed by atoms with Crippen molar-refractivity contribution < 1.29 is 28.9 Å². The molecule has 0 saturated carbocycles. The van der Waals surface area contributed by atoms with Gasteiger partial charge in [0.1, 0.15) is 29.9 Å². The summed E-state index contributed by atoms with van der Waals surface area (Å²) in [6.45, 7) is 0.568. The van der Waals surface area contributed by atoms with Gasteiger partial charge in [-0.3, -0.25) is 14.5 Å². The molecule has 0 bridgehead atoms. The Morgan fingerprint density at radius 2 is 2.26 bits per heavy atom. The molecule has 4 N–H and O–H groups in total. The van der Waals surface area contributed by atoms with Crippen LogP contribution in [0.25, 0.3) is 0 Å². The number of carboxylic acids is 1. The summed E-state index contributed by atoms with van der Waals surface area (Å²) in [4.78, 5) is 47.9. The number of pyridine rings is 1. The summed E-state index contributed by atoms with van der Waals surface area (Å²) in [5, 5.41) is 17.3. The second-order valence-corrected chi connectivity index (χ2v) is 10.5. The maximum absolute atomic E-state index is 13.0. The van der Waals surface area contributed by atoms with Crippen LogP contribution in [-0.2, 0) is 38.6 Å². The first-order valence-electron chi connectivity index (χ1n) is 10.9. The quantitative estimate of drug-likeness (QED) is 0.206. The Morgan fingerprint density at radius 1 is 1.43 bits per heavy atom. The van der Waals surface area contributed by atoms with Gasteiger partial charge in [0.05, 0.1) is 5.25 Å². The number of fused-ring (bicyclic) bond motifs is 2. The number of anilines is 1. The average molecular weight is 516 g/mol. The third-order valence-corrected chi connectivity index (χ3v) is 8.22. The van der Waals surface area contributed by atoms with E-state index in [9.17, 15) is 19.5 Å². The second kappa shape index (κ2) is 9.30. The lowest BCUT2D eigenvalue weighted by Gasteiger charge is -2.49. The standard InChI is InChI=1S/C22H22N6O5S2/c1-33-26-16(13-10-34-22(23)24-13)18(29)25-17-19(30)28-15(21(31)32)8-12(35-20(17)28)9-27-7-3-5-11-4-2-6-14(11)27/h3,5,7-8,10,12,17,20H,2,4,6,9H2,1H3,(H3-,23,24,25,29,31,32)/p+1/b26-16+/t12-,17+,20+/m0/s1. The highest BCUT2D eigenvalue weighted by Crippen LogP contribution is 2.41. The molecule has 182 valence electrons. The van der Waals surface area contributed by atoms with E-state index in [4.69, 9.17) is 10.6 Å². The van der Waals surface area contributed by atoms with E-state index in [1.807, 2.05) is 12.3 Å². The van der Waals surface area contributed by atoms with Crippen LogP contribution in [0.5, 0.6) is 0 Å². The van der Waals surface area contributed by atoms with Crippen LogP contribution in [0.2, 0.25) is 0 Å². The molecule has 0 radical (unpaired) electrons. The van der Waals surface area contributed by atoms with Gasteiger partial charge in [0.15, 0.2) is 29.3 Å². The molecule has 2 aliphatic heterocycles. The van der Waals surface area contributed by atoms with Crippen molar-refractivity contribution in [2.45, 2.75) is 42.5 Å². The Hall–Kier alpha value is -3.45. The number of nitrogens with zero attached hydrogens (tertiary/aromatic N) is 4. The van der Waals surface area contributed by atoms with Crippen molar-refractivity contribution in [3.05, 3.63) is 52.4 Å². The van der Waals surface area contributed by atoms with Gasteiger partial charge >= 0.3 is 5.97 Å². The minimum absolute atomic E-state index is 0.0690. The maximum atomic E-state index is 13.0. The van der Waals surface area contributed by atoms with E-state index < -0.39 is 29.2 Å². The molecule has 5 rings (SSSR count). The van der Waals surface area contributed by atoms with Gasteiger partial charge in [-0.05, 0) is 25.0 Å². The predicted octanol–water partition coefficient (Wildman–Crippen LogP) is 0.289. The molecule has 13 heteroatoms. The lowest BCUT2D eigenvalue weighted by atomic mass is 10.0. The van der Waals surface area contributed by atoms with Gasteiger partial charge in [-0.15, -0.1) is 23.1 Å². The minimum atomic E-state index is -1.18. The Morgan fingerprint density at radius 3 is 2.97 bits per heavy atom. The third-order valence-electron chi connectivity index (χ3n) is 6.15. The molecular weight excluding hydrogens is 492 g/mol. The van der Waals surface area contributed by atoms with Crippen molar-refractivity contribution in [3.8, 4) is 0 Å². The fourth-order valence-electron chi connectivity index (χ4n) is 4.62. The number of carbonyl (C=O) groups excluding carboxylic acids is 2. The van der Waals surface area contributed by atoms with Crippen molar-refractivity contribution in [1.82, 2.24) is 15.2 Å². The van der Waals surface area contributed by atoms with Crippen LogP contribution >= 0.6 is 23.1 Å². The number of oxime groups is 1. The monoisotopic (exact) mass is 515 g/mol. The molecule has 2 aromatic rings. The number of thiazole rings is 1. The molecule has 1 saturated heterocycles. The zero-order valence-corrected chi connectivity index (χ0v) is 20.3. The first-order valence-corrected chi connectivity index (χ1v) is 12.8. The van der Waals surface area contributed by atoms with Crippen LogP contribution in [0.15, 0.2) is 40.6 Å². The highest BCUT2D eigenvalue weighted by molar-refractivity contribution is 8.00. The van der Waals surface area contributed by atoms with Crippen LogP contribution in [-0.4, -0.2) is 62.3 Å². The number of β-lactam (4-membered cyclic amide) rings is 1. The Bertz CT molecular complexity index is 1270. The van der Waals surface area contributed by atoms with E-state index in [2.05, 4.69) is 26.1 Å². The molecule has 0 aromatic carbocycles. The zero-order valence-electron chi connectivity index (χ0n) is 18.7. The SMILES string of the molecule is CO/N=C(/C(=O)N[C@@H]1C(=O)N2C(C(=O)O)=C[C@@H](C[n+]3cccc4c3CCC4)S[C@H]12)c1csc(N)n1. The zero-order chi connectivity index (χ0) is 24.7.